The third-order valence-electron chi connectivity index (χ3n) is 2.65. The van der Waals surface area contributed by atoms with Crippen molar-refractivity contribution < 1.29 is 5.11 Å². The highest BCUT2D eigenvalue weighted by molar-refractivity contribution is 5.51. The Labute approximate surface area is 104 Å². The summed E-state index contributed by atoms with van der Waals surface area (Å²) < 4.78 is 0. The highest BCUT2D eigenvalue weighted by atomic mass is 16.3. The van der Waals surface area contributed by atoms with E-state index in [2.05, 4.69) is 19.1 Å². The van der Waals surface area contributed by atoms with E-state index < -0.39 is 0 Å². The minimum Gasteiger partial charge on any atom is -0.508 e. The molecule has 1 aromatic carbocycles. The van der Waals surface area contributed by atoms with Gasteiger partial charge in [0.15, 0.2) is 0 Å². The lowest BCUT2D eigenvalue weighted by molar-refractivity contribution is 0.475. The van der Waals surface area contributed by atoms with Crippen molar-refractivity contribution in [3.8, 4) is 5.75 Å². The van der Waals surface area contributed by atoms with Crippen molar-refractivity contribution in [2.45, 2.75) is 39.0 Å². The second kappa shape index (κ2) is 8.63. The van der Waals surface area contributed by atoms with Crippen molar-refractivity contribution in [2.24, 2.45) is 0 Å². The molecule has 1 heteroatoms. The van der Waals surface area contributed by atoms with Crippen LogP contribution in [0.3, 0.4) is 0 Å². The summed E-state index contributed by atoms with van der Waals surface area (Å²) in [5.74, 6) is 0.314. The quantitative estimate of drug-likeness (QED) is 0.520. The van der Waals surface area contributed by atoms with E-state index in [1.54, 1.807) is 12.1 Å². The van der Waals surface area contributed by atoms with Crippen LogP contribution >= 0.6 is 0 Å². The van der Waals surface area contributed by atoms with Crippen LogP contribution in [0, 0.1) is 0 Å². The van der Waals surface area contributed by atoms with Gasteiger partial charge in [0.2, 0.25) is 0 Å². The summed E-state index contributed by atoms with van der Waals surface area (Å²) in [7, 11) is 0. The third-order valence-corrected chi connectivity index (χ3v) is 2.65. The Morgan fingerprint density at radius 1 is 1.00 bits per heavy atom. The molecule has 0 fully saturated rings. The molecule has 0 amide bonds. The number of hydrogen-bond donors (Lipinski definition) is 1. The van der Waals surface area contributed by atoms with Gasteiger partial charge in [0.25, 0.3) is 0 Å². The molecule has 0 aliphatic carbocycles. The molecule has 0 atom stereocenters. The average molecular weight is 230 g/mol. The van der Waals surface area contributed by atoms with Crippen LogP contribution in [0.5, 0.6) is 5.75 Å². The lowest BCUT2D eigenvalue weighted by Crippen LogP contribution is -1.73. The molecule has 0 spiro atoms. The van der Waals surface area contributed by atoms with Gasteiger partial charge in [-0.1, -0.05) is 62.6 Å². The number of allylic oxidation sites excluding steroid dienone is 3. The maximum absolute atomic E-state index is 9.13. The molecule has 0 saturated carbocycles. The molecule has 0 unspecified atom stereocenters. The molecule has 0 heterocycles. The van der Waals surface area contributed by atoms with E-state index in [0.717, 1.165) is 5.56 Å². The van der Waals surface area contributed by atoms with E-state index in [0.29, 0.717) is 5.75 Å². The molecule has 0 radical (unpaired) electrons. The summed E-state index contributed by atoms with van der Waals surface area (Å²) in [5, 5.41) is 9.13. The summed E-state index contributed by atoms with van der Waals surface area (Å²) in [4.78, 5) is 0. The monoisotopic (exact) mass is 230 g/mol. The van der Waals surface area contributed by atoms with Gasteiger partial charge in [0.05, 0.1) is 0 Å². The van der Waals surface area contributed by atoms with Gasteiger partial charge in [0.1, 0.15) is 5.75 Å². The number of benzene rings is 1. The lowest BCUT2D eigenvalue weighted by atomic mass is 10.1. The Hall–Kier alpha value is -1.50. The fourth-order valence-electron chi connectivity index (χ4n) is 1.62. The summed E-state index contributed by atoms with van der Waals surface area (Å²) in [6.45, 7) is 2.23. The first-order valence-electron chi connectivity index (χ1n) is 6.45. The molecule has 0 aliphatic rings. The van der Waals surface area contributed by atoms with Crippen molar-refractivity contribution in [3.63, 3.8) is 0 Å². The van der Waals surface area contributed by atoms with Gasteiger partial charge in [-0.25, -0.2) is 0 Å². The summed E-state index contributed by atoms with van der Waals surface area (Å²) in [6, 6.07) is 7.21. The normalized spacial score (nSPS) is 11.6. The molecule has 1 N–H and O–H groups in total. The van der Waals surface area contributed by atoms with Crippen LogP contribution in [0.2, 0.25) is 0 Å². The zero-order chi connectivity index (χ0) is 12.3. The van der Waals surface area contributed by atoms with Crippen molar-refractivity contribution in [1.82, 2.24) is 0 Å². The Bertz CT molecular complexity index is 346. The van der Waals surface area contributed by atoms with Crippen LogP contribution in [0.4, 0.5) is 0 Å². The van der Waals surface area contributed by atoms with Crippen LogP contribution in [-0.2, 0) is 0 Å². The number of aromatic hydroxyl groups is 1. The SMILES string of the molecule is CCCCCC/C=C/C=C/c1ccc(O)cc1. The molecule has 0 aliphatic heterocycles. The standard InChI is InChI=1S/C16H22O/c1-2-3-4-5-6-7-8-9-10-15-11-13-16(17)14-12-15/h7-14,17H,2-6H2,1H3/b8-7+,10-9+. The lowest BCUT2D eigenvalue weighted by Gasteiger charge is -1.93. The fourth-order valence-corrected chi connectivity index (χ4v) is 1.62. The molecule has 92 valence electrons. The third kappa shape index (κ3) is 6.62. The number of phenolic OH excluding ortho intramolecular Hbond substituents is 1. The van der Waals surface area contributed by atoms with Crippen LogP contribution in [0.15, 0.2) is 42.5 Å². The molecule has 0 bridgehead atoms. The summed E-state index contributed by atoms with van der Waals surface area (Å²) >= 11 is 0. The molecule has 1 rings (SSSR count). The van der Waals surface area contributed by atoms with Gasteiger partial charge >= 0.3 is 0 Å². The Kier molecular flexibility index (Phi) is 6.89. The average Bonchev–Trinajstić information content (AvgIpc) is 2.35. The molecular weight excluding hydrogens is 208 g/mol. The van der Waals surface area contributed by atoms with E-state index >= 15 is 0 Å². The minimum atomic E-state index is 0.314. The first-order valence-corrected chi connectivity index (χ1v) is 6.45. The summed E-state index contributed by atoms with van der Waals surface area (Å²) in [6.07, 6.45) is 14.8. The van der Waals surface area contributed by atoms with E-state index in [-0.39, 0.29) is 0 Å². The van der Waals surface area contributed by atoms with Crippen LogP contribution in [-0.4, -0.2) is 5.11 Å². The Morgan fingerprint density at radius 2 is 1.76 bits per heavy atom. The smallest absolute Gasteiger partial charge is 0.115 e. The number of phenols is 1. The van der Waals surface area contributed by atoms with Gasteiger partial charge in [-0.3, -0.25) is 0 Å². The summed E-state index contributed by atoms with van der Waals surface area (Å²) in [5.41, 5.74) is 1.11. The van der Waals surface area contributed by atoms with Crippen molar-refractivity contribution in [2.75, 3.05) is 0 Å². The van der Waals surface area contributed by atoms with Gasteiger partial charge in [-0.15, -0.1) is 0 Å². The first kappa shape index (κ1) is 13.6. The predicted molar refractivity (Wildman–Crippen MR) is 75.0 cm³/mol. The van der Waals surface area contributed by atoms with E-state index in [1.807, 2.05) is 24.3 Å². The van der Waals surface area contributed by atoms with Crippen LogP contribution in [0.1, 0.15) is 44.6 Å². The van der Waals surface area contributed by atoms with Crippen molar-refractivity contribution in [1.29, 1.82) is 0 Å². The van der Waals surface area contributed by atoms with E-state index in [1.165, 1.54) is 32.1 Å². The van der Waals surface area contributed by atoms with Crippen LogP contribution in [0.25, 0.3) is 6.08 Å². The second-order valence-electron chi connectivity index (χ2n) is 4.23. The molecule has 1 aromatic rings. The van der Waals surface area contributed by atoms with Crippen molar-refractivity contribution in [3.05, 3.63) is 48.1 Å². The highest BCUT2D eigenvalue weighted by Crippen LogP contribution is 2.10. The van der Waals surface area contributed by atoms with Gasteiger partial charge in [-0.05, 0) is 30.5 Å². The maximum atomic E-state index is 9.13. The zero-order valence-electron chi connectivity index (χ0n) is 10.6. The van der Waals surface area contributed by atoms with Gasteiger partial charge in [0, 0.05) is 0 Å². The van der Waals surface area contributed by atoms with E-state index in [9.17, 15) is 0 Å². The Balaban J connectivity index is 2.21. The molecule has 17 heavy (non-hydrogen) atoms. The number of hydrogen-bond acceptors (Lipinski definition) is 1. The van der Waals surface area contributed by atoms with E-state index in [4.69, 9.17) is 5.11 Å². The fraction of sp³-hybridized carbons (Fsp3) is 0.375. The molecule has 1 nitrogen and oxygen atoms in total. The van der Waals surface area contributed by atoms with Gasteiger partial charge in [-0.2, -0.15) is 0 Å². The topological polar surface area (TPSA) is 20.2 Å². The van der Waals surface area contributed by atoms with Crippen LogP contribution < -0.4 is 0 Å². The minimum absolute atomic E-state index is 0.314. The Morgan fingerprint density at radius 3 is 2.47 bits per heavy atom. The predicted octanol–water partition coefficient (Wildman–Crippen LogP) is 4.93. The molecule has 0 saturated heterocycles. The largest absolute Gasteiger partial charge is 0.508 e. The number of rotatable bonds is 7. The molecule has 0 aromatic heterocycles. The second-order valence-corrected chi connectivity index (χ2v) is 4.23. The molecular formula is C16H22O. The first-order chi connectivity index (χ1) is 8.33. The zero-order valence-corrected chi connectivity index (χ0v) is 10.6. The van der Waals surface area contributed by atoms with Crippen molar-refractivity contribution >= 4 is 6.08 Å². The number of unbranched alkanes of at least 4 members (excludes halogenated alkanes) is 4. The van der Waals surface area contributed by atoms with Gasteiger partial charge < -0.3 is 5.11 Å². The highest BCUT2D eigenvalue weighted by Gasteiger charge is 1.86. The maximum Gasteiger partial charge on any atom is 0.115 e.